The molecule has 1 aliphatic rings. The average molecular weight is 467 g/mol. The average Bonchev–Trinajstić information content (AvgIpc) is 2.79. The molecule has 0 saturated heterocycles. The number of amidine groups is 1. The Balaban J connectivity index is 1.79. The zero-order valence-electron chi connectivity index (χ0n) is 18.5. The number of hydrogen-bond donors (Lipinski definition) is 2. The fourth-order valence-corrected chi connectivity index (χ4v) is 3.88. The molecular formula is C24H24F3N7. The zero-order valence-corrected chi connectivity index (χ0v) is 18.5. The minimum absolute atomic E-state index is 0.0526. The van der Waals surface area contributed by atoms with Gasteiger partial charge in [-0.3, -0.25) is 4.90 Å². The van der Waals surface area contributed by atoms with Crippen molar-refractivity contribution in [2.24, 2.45) is 21.5 Å². The van der Waals surface area contributed by atoms with Gasteiger partial charge in [0.1, 0.15) is 0 Å². The van der Waals surface area contributed by atoms with Gasteiger partial charge in [0, 0.05) is 37.2 Å². The van der Waals surface area contributed by atoms with Crippen molar-refractivity contribution in [3.8, 4) is 11.4 Å². The summed E-state index contributed by atoms with van der Waals surface area (Å²) in [6.45, 7) is 3.43. The maximum Gasteiger partial charge on any atom is 0.417 e. The molecule has 1 aromatic heterocycles. The summed E-state index contributed by atoms with van der Waals surface area (Å²) in [4.78, 5) is 19.4. The molecule has 0 unspecified atom stereocenters. The lowest BCUT2D eigenvalue weighted by Crippen LogP contribution is -2.31. The van der Waals surface area contributed by atoms with Crippen molar-refractivity contribution in [2.75, 3.05) is 6.54 Å². The molecule has 0 bridgehead atoms. The highest BCUT2D eigenvalue weighted by molar-refractivity contribution is 5.94. The van der Waals surface area contributed by atoms with E-state index in [-0.39, 0.29) is 29.0 Å². The number of rotatable bonds is 4. The number of alkyl halides is 3. The maximum atomic E-state index is 13.6. The summed E-state index contributed by atoms with van der Waals surface area (Å²) in [6, 6.07) is 15.2. The van der Waals surface area contributed by atoms with E-state index in [0.29, 0.717) is 37.3 Å². The van der Waals surface area contributed by atoms with E-state index < -0.39 is 11.7 Å². The molecule has 0 aliphatic carbocycles. The zero-order chi connectivity index (χ0) is 24.3. The molecule has 0 spiro atoms. The third kappa shape index (κ3) is 5.40. The smallest absolute Gasteiger partial charge is 0.387 e. The molecule has 10 heteroatoms. The summed E-state index contributed by atoms with van der Waals surface area (Å²) in [5.74, 6) is 0.217. The number of halogens is 3. The second-order valence-electron chi connectivity index (χ2n) is 8.01. The molecule has 0 radical (unpaired) electrons. The minimum Gasteiger partial charge on any atom is -0.387 e. The predicted molar refractivity (Wildman–Crippen MR) is 125 cm³/mol. The molecule has 2 aromatic carbocycles. The Morgan fingerprint density at radius 3 is 2.44 bits per heavy atom. The summed E-state index contributed by atoms with van der Waals surface area (Å²) in [5.41, 5.74) is 13.1. The van der Waals surface area contributed by atoms with Crippen LogP contribution in [0.3, 0.4) is 0 Å². The third-order valence-electron chi connectivity index (χ3n) is 5.35. The lowest BCUT2D eigenvalue weighted by Gasteiger charge is -2.29. The van der Waals surface area contributed by atoms with Gasteiger partial charge in [0.05, 0.1) is 17.1 Å². The van der Waals surface area contributed by atoms with Gasteiger partial charge in [-0.15, -0.1) is 0 Å². The normalized spacial score (nSPS) is 15.3. The summed E-state index contributed by atoms with van der Waals surface area (Å²) in [5, 5.41) is 0. The molecule has 7 nitrogen and oxygen atoms in total. The van der Waals surface area contributed by atoms with Crippen LogP contribution < -0.4 is 11.5 Å². The molecule has 2 heterocycles. The van der Waals surface area contributed by atoms with E-state index in [2.05, 4.69) is 24.9 Å². The SMILES string of the molecule is C/C(N)=N/C(N)=Nc1nc(-c2ccccc2C(F)(F)F)nc2c1CN(Cc1ccccc1)CC2. The number of aromatic nitrogens is 2. The molecule has 4 rings (SSSR count). The van der Waals surface area contributed by atoms with Gasteiger partial charge in [-0.2, -0.15) is 18.2 Å². The minimum atomic E-state index is -4.55. The van der Waals surface area contributed by atoms with Gasteiger partial charge >= 0.3 is 6.18 Å². The van der Waals surface area contributed by atoms with Crippen molar-refractivity contribution in [2.45, 2.75) is 32.6 Å². The first-order valence-electron chi connectivity index (χ1n) is 10.7. The molecule has 0 atom stereocenters. The lowest BCUT2D eigenvalue weighted by atomic mass is 10.0. The topological polar surface area (TPSA) is 106 Å². The number of benzene rings is 2. The van der Waals surface area contributed by atoms with Crippen LogP contribution in [0.2, 0.25) is 0 Å². The lowest BCUT2D eigenvalue weighted by molar-refractivity contribution is -0.137. The molecule has 1 aliphatic heterocycles. The molecule has 176 valence electrons. The van der Waals surface area contributed by atoms with Gasteiger partial charge < -0.3 is 11.5 Å². The highest BCUT2D eigenvalue weighted by Crippen LogP contribution is 2.37. The van der Waals surface area contributed by atoms with E-state index in [4.69, 9.17) is 11.5 Å². The Labute approximate surface area is 195 Å². The highest BCUT2D eigenvalue weighted by Gasteiger charge is 2.34. The van der Waals surface area contributed by atoms with Gasteiger partial charge in [-0.1, -0.05) is 48.5 Å². The van der Waals surface area contributed by atoms with E-state index in [1.54, 1.807) is 6.92 Å². The molecule has 3 aromatic rings. The van der Waals surface area contributed by atoms with E-state index >= 15 is 0 Å². The Kier molecular flexibility index (Phi) is 6.60. The Hall–Kier alpha value is -3.79. The van der Waals surface area contributed by atoms with Crippen molar-refractivity contribution >= 4 is 17.6 Å². The van der Waals surface area contributed by atoms with Gasteiger partial charge in [-0.25, -0.2) is 15.0 Å². The standard InChI is InChI=1S/C24H24F3N7/c1-15(28)30-23(29)33-22-18-14-34(13-16-7-3-2-4-8-16)12-11-20(18)31-21(32-22)17-9-5-6-10-19(17)24(25,26)27/h2-10H,11-14H2,1H3,(H4,28,29,30,31,32,33). The number of nitrogens with zero attached hydrogens (tertiary/aromatic N) is 5. The van der Waals surface area contributed by atoms with Crippen molar-refractivity contribution < 1.29 is 13.2 Å². The summed E-state index contributed by atoms with van der Waals surface area (Å²) in [7, 11) is 0. The van der Waals surface area contributed by atoms with Crippen molar-refractivity contribution in [1.82, 2.24) is 14.9 Å². The van der Waals surface area contributed by atoms with Crippen LogP contribution in [0.1, 0.15) is 29.3 Å². The maximum absolute atomic E-state index is 13.6. The van der Waals surface area contributed by atoms with E-state index in [1.165, 1.54) is 18.2 Å². The van der Waals surface area contributed by atoms with Crippen LogP contribution in [-0.2, 0) is 25.7 Å². The fourth-order valence-electron chi connectivity index (χ4n) is 3.88. The number of hydrogen-bond acceptors (Lipinski definition) is 4. The van der Waals surface area contributed by atoms with Crippen molar-refractivity contribution in [3.05, 3.63) is 77.0 Å². The second-order valence-corrected chi connectivity index (χ2v) is 8.01. The summed E-state index contributed by atoms with van der Waals surface area (Å²) >= 11 is 0. The Morgan fingerprint density at radius 1 is 1.03 bits per heavy atom. The van der Waals surface area contributed by atoms with Crippen LogP contribution in [0.25, 0.3) is 11.4 Å². The predicted octanol–water partition coefficient (Wildman–Crippen LogP) is 4.04. The van der Waals surface area contributed by atoms with Gasteiger partial charge in [0.15, 0.2) is 11.6 Å². The number of guanidine groups is 1. The molecule has 4 N–H and O–H groups in total. The number of aliphatic imine (C=N–C) groups is 2. The van der Waals surface area contributed by atoms with Gasteiger partial charge in [0.2, 0.25) is 5.96 Å². The molecule has 0 fully saturated rings. The summed E-state index contributed by atoms with van der Waals surface area (Å²) < 4.78 is 40.9. The van der Waals surface area contributed by atoms with Crippen molar-refractivity contribution in [3.63, 3.8) is 0 Å². The highest BCUT2D eigenvalue weighted by atomic mass is 19.4. The van der Waals surface area contributed by atoms with Gasteiger partial charge in [-0.05, 0) is 18.6 Å². The van der Waals surface area contributed by atoms with Crippen molar-refractivity contribution in [1.29, 1.82) is 0 Å². The van der Waals surface area contributed by atoms with E-state index in [9.17, 15) is 13.2 Å². The quantitative estimate of drug-likeness (QED) is 0.445. The molecular weight excluding hydrogens is 443 g/mol. The number of fused-ring (bicyclic) bond motifs is 1. The Bertz CT molecular complexity index is 1230. The van der Waals surface area contributed by atoms with E-state index in [1.807, 2.05) is 30.3 Å². The first-order valence-corrected chi connectivity index (χ1v) is 10.7. The van der Waals surface area contributed by atoms with Crippen LogP contribution in [0.15, 0.2) is 64.6 Å². The van der Waals surface area contributed by atoms with Crippen LogP contribution in [0, 0.1) is 0 Å². The first-order chi connectivity index (χ1) is 16.2. The monoisotopic (exact) mass is 467 g/mol. The van der Waals surface area contributed by atoms with E-state index in [0.717, 1.165) is 11.6 Å². The van der Waals surface area contributed by atoms with Gasteiger partial charge in [0.25, 0.3) is 0 Å². The Morgan fingerprint density at radius 2 is 1.74 bits per heavy atom. The fraction of sp³-hybridized carbons (Fsp3) is 0.250. The number of nitrogens with two attached hydrogens (primary N) is 2. The van der Waals surface area contributed by atoms with Crippen LogP contribution in [0.5, 0.6) is 0 Å². The van der Waals surface area contributed by atoms with Crippen LogP contribution in [0.4, 0.5) is 19.0 Å². The molecule has 0 saturated carbocycles. The summed E-state index contributed by atoms with van der Waals surface area (Å²) in [6.07, 6.45) is -4.01. The first kappa shape index (κ1) is 23.4. The second kappa shape index (κ2) is 9.60. The van der Waals surface area contributed by atoms with Crippen LogP contribution in [-0.4, -0.2) is 33.2 Å². The largest absolute Gasteiger partial charge is 0.417 e. The van der Waals surface area contributed by atoms with Crippen LogP contribution >= 0.6 is 0 Å². The third-order valence-corrected chi connectivity index (χ3v) is 5.35. The molecule has 0 amide bonds. The molecule has 34 heavy (non-hydrogen) atoms.